The molecule has 2 rings (SSSR count). The summed E-state index contributed by atoms with van der Waals surface area (Å²) in [5, 5.41) is 35.7. The number of hydrogen-bond acceptors (Lipinski definition) is 5. The van der Waals surface area contributed by atoms with Crippen molar-refractivity contribution in [1.29, 1.82) is 0 Å². The SMILES string of the molecule is O=C(O)c1cc(C#Cc2cc(C(=O)O)cc(C(=O)O)c2)cc(OO)c1. The molecule has 0 fully saturated rings. The van der Waals surface area contributed by atoms with Crippen LogP contribution >= 0.6 is 0 Å². The Balaban J connectivity index is 2.51. The molecule has 0 unspecified atom stereocenters. The van der Waals surface area contributed by atoms with Crippen LogP contribution in [0.5, 0.6) is 5.75 Å². The standard InChI is InChI=1S/C17H10O8/c18-15(19)11-3-9(4-12(7-11)16(20)21)1-2-10-5-13(17(22)23)8-14(6-10)25-24/h3-8,24H,(H,18,19)(H,20,21)(H,22,23). The van der Waals surface area contributed by atoms with Crippen LogP contribution in [0.25, 0.3) is 0 Å². The predicted molar refractivity (Wildman–Crippen MR) is 83.0 cm³/mol. The molecule has 0 aromatic heterocycles. The van der Waals surface area contributed by atoms with Crippen LogP contribution in [0.1, 0.15) is 42.2 Å². The second kappa shape index (κ2) is 7.16. The van der Waals surface area contributed by atoms with Crippen molar-refractivity contribution in [2.75, 3.05) is 0 Å². The number of carbonyl (C=O) groups is 3. The first-order valence-electron chi connectivity index (χ1n) is 6.63. The number of benzene rings is 2. The third-order valence-electron chi connectivity index (χ3n) is 3.04. The minimum Gasteiger partial charge on any atom is -0.478 e. The van der Waals surface area contributed by atoms with Gasteiger partial charge in [0, 0.05) is 11.1 Å². The molecule has 2 aromatic carbocycles. The largest absolute Gasteiger partial charge is 0.478 e. The van der Waals surface area contributed by atoms with E-state index in [0.717, 1.165) is 12.1 Å². The molecule has 8 heteroatoms. The van der Waals surface area contributed by atoms with Crippen LogP contribution in [-0.2, 0) is 0 Å². The lowest BCUT2D eigenvalue weighted by atomic mass is 10.0. The van der Waals surface area contributed by atoms with Crippen molar-refractivity contribution in [2.24, 2.45) is 0 Å². The summed E-state index contributed by atoms with van der Waals surface area (Å²) in [5.74, 6) is 1.11. The minimum absolute atomic E-state index is 0.115. The molecule has 8 nitrogen and oxygen atoms in total. The molecule has 25 heavy (non-hydrogen) atoms. The van der Waals surface area contributed by atoms with E-state index >= 15 is 0 Å². The summed E-state index contributed by atoms with van der Waals surface area (Å²) in [6.45, 7) is 0. The average Bonchev–Trinajstić information content (AvgIpc) is 2.59. The summed E-state index contributed by atoms with van der Waals surface area (Å²) >= 11 is 0. The van der Waals surface area contributed by atoms with Gasteiger partial charge in [-0.15, -0.1) is 0 Å². The van der Waals surface area contributed by atoms with E-state index in [2.05, 4.69) is 16.7 Å². The summed E-state index contributed by atoms with van der Waals surface area (Å²) in [4.78, 5) is 37.1. The first-order valence-corrected chi connectivity index (χ1v) is 6.63. The molecule has 0 amide bonds. The first kappa shape index (κ1) is 17.5. The second-order valence-electron chi connectivity index (χ2n) is 4.80. The summed E-state index contributed by atoms with van der Waals surface area (Å²) in [7, 11) is 0. The highest BCUT2D eigenvalue weighted by atomic mass is 17.1. The molecule has 0 bridgehead atoms. The van der Waals surface area contributed by atoms with Crippen molar-refractivity contribution in [3.8, 4) is 17.6 Å². The molecule has 0 atom stereocenters. The maximum atomic E-state index is 11.1. The van der Waals surface area contributed by atoms with E-state index in [1.807, 2.05) is 0 Å². The predicted octanol–water partition coefficient (Wildman–Crippen LogP) is 2.03. The monoisotopic (exact) mass is 342 g/mol. The Kier molecular flexibility index (Phi) is 5.02. The number of hydrogen-bond donors (Lipinski definition) is 4. The second-order valence-corrected chi connectivity index (χ2v) is 4.80. The van der Waals surface area contributed by atoms with Gasteiger partial charge in [-0.3, -0.25) is 0 Å². The fourth-order valence-corrected chi connectivity index (χ4v) is 1.94. The average molecular weight is 342 g/mol. The molecule has 0 aliphatic heterocycles. The zero-order valence-corrected chi connectivity index (χ0v) is 12.4. The molecular weight excluding hydrogens is 332 g/mol. The molecule has 2 aromatic rings. The maximum absolute atomic E-state index is 11.1. The quantitative estimate of drug-likeness (QED) is 0.376. The Labute approximate surface area is 140 Å². The van der Waals surface area contributed by atoms with Crippen LogP contribution in [-0.4, -0.2) is 38.5 Å². The highest BCUT2D eigenvalue weighted by molar-refractivity contribution is 5.94. The van der Waals surface area contributed by atoms with Gasteiger partial charge in [0.2, 0.25) is 0 Å². The highest BCUT2D eigenvalue weighted by Gasteiger charge is 2.11. The van der Waals surface area contributed by atoms with Crippen molar-refractivity contribution in [3.63, 3.8) is 0 Å². The Morgan fingerprint density at radius 2 is 1.08 bits per heavy atom. The molecule has 0 aliphatic rings. The van der Waals surface area contributed by atoms with Gasteiger partial charge in [0.05, 0.1) is 16.7 Å². The smallest absolute Gasteiger partial charge is 0.335 e. The lowest BCUT2D eigenvalue weighted by Gasteiger charge is -2.01. The first-order chi connectivity index (χ1) is 11.8. The normalized spacial score (nSPS) is 9.64. The highest BCUT2D eigenvalue weighted by Crippen LogP contribution is 2.17. The fraction of sp³-hybridized carbons (Fsp3) is 0. The van der Waals surface area contributed by atoms with Crippen molar-refractivity contribution in [1.82, 2.24) is 0 Å². The van der Waals surface area contributed by atoms with Crippen LogP contribution in [0.15, 0.2) is 36.4 Å². The molecule has 0 aliphatic carbocycles. The zero-order chi connectivity index (χ0) is 18.6. The topological polar surface area (TPSA) is 141 Å². The van der Waals surface area contributed by atoms with Crippen LogP contribution < -0.4 is 4.89 Å². The van der Waals surface area contributed by atoms with E-state index in [9.17, 15) is 14.4 Å². The number of carboxylic acid groups (broad SMARTS) is 3. The van der Waals surface area contributed by atoms with Crippen LogP contribution in [0, 0.1) is 11.8 Å². The van der Waals surface area contributed by atoms with Gasteiger partial charge in [0.1, 0.15) is 0 Å². The van der Waals surface area contributed by atoms with Crippen LogP contribution in [0.3, 0.4) is 0 Å². The van der Waals surface area contributed by atoms with Crippen LogP contribution in [0.4, 0.5) is 0 Å². The number of aromatic carboxylic acids is 3. The minimum atomic E-state index is -1.31. The lowest BCUT2D eigenvalue weighted by molar-refractivity contribution is -0.137. The van der Waals surface area contributed by atoms with Gasteiger partial charge in [0.25, 0.3) is 0 Å². The summed E-state index contributed by atoms with van der Waals surface area (Å²) in [6.07, 6.45) is 0. The van der Waals surface area contributed by atoms with E-state index in [4.69, 9.17) is 20.6 Å². The zero-order valence-electron chi connectivity index (χ0n) is 12.4. The Morgan fingerprint density at radius 1 is 0.680 bits per heavy atom. The molecule has 0 saturated heterocycles. The summed E-state index contributed by atoms with van der Waals surface area (Å²) < 4.78 is 0. The van der Waals surface area contributed by atoms with Crippen molar-refractivity contribution in [3.05, 3.63) is 64.2 Å². The van der Waals surface area contributed by atoms with Gasteiger partial charge >= 0.3 is 17.9 Å². The van der Waals surface area contributed by atoms with Gasteiger partial charge in [-0.05, 0) is 36.4 Å². The van der Waals surface area contributed by atoms with E-state index < -0.39 is 17.9 Å². The van der Waals surface area contributed by atoms with Crippen molar-refractivity contribution >= 4 is 17.9 Å². The van der Waals surface area contributed by atoms with E-state index in [1.54, 1.807) is 0 Å². The molecule has 0 heterocycles. The third kappa shape index (κ3) is 4.34. The van der Waals surface area contributed by atoms with Crippen molar-refractivity contribution in [2.45, 2.75) is 0 Å². The molecule has 0 radical (unpaired) electrons. The van der Waals surface area contributed by atoms with Gasteiger partial charge in [-0.25, -0.2) is 19.6 Å². The fourth-order valence-electron chi connectivity index (χ4n) is 1.94. The summed E-state index contributed by atoms with van der Waals surface area (Å²) in [6, 6.07) is 6.94. The van der Waals surface area contributed by atoms with E-state index in [0.29, 0.717) is 0 Å². The van der Waals surface area contributed by atoms with Gasteiger partial charge in [-0.2, -0.15) is 0 Å². The Morgan fingerprint density at radius 3 is 1.48 bits per heavy atom. The summed E-state index contributed by atoms with van der Waals surface area (Å²) in [5.41, 5.74) is -0.391. The van der Waals surface area contributed by atoms with E-state index in [-0.39, 0.29) is 33.6 Å². The van der Waals surface area contributed by atoms with E-state index in [1.165, 1.54) is 24.3 Å². The third-order valence-corrected chi connectivity index (χ3v) is 3.04. The van der Waals surface area contributed by atoms with Crippen molar-refractivity contribution < 1.29 is 39.8 Å². The number of carboxylic acids is 3. The molecular formula is C17H10O8. The maximum Gasteiger partial charge on any atom is 0.335 e. The van der Waals surface area contributed by atoms with Gasteiger partial charge in [-0.1, -0.05) is 11.8 Å². The van der Waals surface area contributed by atoms with Crippen LogP contribution in [0.2, 0.25) is 0 Å². The van der Waals surface area contributed by atoms with Gasteiger partial charge in [0.15, 0.2) is 5.75 Å². The number of rotatable bonds is 4. The molecule has 4 N–H and O–H groups in total. The Hall–Kier alpha value is -3.83. The molecule has 126 valence electrons. The molecule has 0 saturated carbocycles. The molecule has 0 spiro atoms. The Bertz CT molecular complexity index is 901. The van der Waals surface area contributed by atoms with Gasteiger partial charge < -0.3 is 20.2 Å². The lowest BCUT2D eigenvalue weighted by Crippen LogP contribution is -2.03.